The summed E-state index contributed by atoms with van der Waals surface area (Å²) in [5.74, 6) is 7.39. The summed E-state index contributed by atoms with van der Waals surface area (Å²) in [5, 5.41) is 2.87. The summed E-state index contributed by atoms with van der Waals surface area (Å²) in [6.45, 7) is 1.98. The van der Waals surface area contributed by atoms with Gasteiger partial charge in [-0.15, -0.1) is 11.3 Å². The highest BCUT2D eigenvalue weighted by atomic mass is 32.1. The summed E-state index contributed by atoms with van der Waals surface area (Å²) in [4.78, 5) is 13.5. The first-order valence-corrected chi connectivity index (χ1v) is 7.42. The van der Waals surface area contributed by atoms with E-state index in [2.05, 4.69) is 20.4 Å². The zero-order valence-corrected chi connectivity index (χ0v) is 11.7. The second kappa shape index (κ2) is 5.22. The third-order valence-corrected chi connectivity index (χ3v) is 4.43. The van der Waals surface area contributed by atoms with E-state index in [0.29, 0.717) is 17.6 Å². The SMILES string of the molecule is Cc1csc(-c2nc(NN)cc(C3CCCC3)n2)n1. The summed E-state index contributed by atoms with van der Waals surface area (Å²) >= 11 is 1.57. The van der Waals surface area contributed by atoms with Crippen molar-refractivity contribution < 1.29 is 0 Å². The van der Waals surface area contributed by atoms with Gasteiger partial charge in [-0.2, -0.15) is 0 Å². The van der Waals surface area contributed by atoms with E-state index in [1.807, 2.05) is 18.4 Å². The molecule has 19 heavy (non-hydrogen) atoms. The number of anilines is 1. The minimum Gasteiger partial charge on any atom is -0.308 e. The second-order valence-electron chi connectivity index (χ2n) is 4.92. The van der Waals surface area contributed by atoms with Crippen LogP contribution in [0.2, 0.25) is 0 Å². The fourth-order valence-corrected chi connectivity index (χ4v) is 3.25. The molecular weight excluding hydrogens is 258 g/mol. The fourth-order valence-electron chi connectivity index (χ4n) is 2.52. The lowest BCUT2D eigenvalue weighted by atomic mass is 10.0. The van der Waals surface area contributed by atoms with Crippen LogP contribution in [0.25, 0.3) is 10.8 Å². The van der Waals surface area contributed by atoms with Crippen LogP contribution in [0, 0.1) is 6.92 Å². The molecule has 2 aromatic heterocycles. The molecule has 1 saturated carbocycles. The van der Waals surface area contributed by atoms with Gasteiger partial charge in [0.15, 0.2) is 10.8 Å². The normalized spacial score (nSPS) is 15.9. The van der Waals surface area contributed by atoms with Crippen LogP contribution in [0.4, 0.5) is 5.82 Å². The van der Waals surface area contributed by atoms with Gasteiger partial charge < -0.3 is 5.43 Å². The van der Waals surface area contributed by atoms with Crippen molar-refractivity contribution in [2.45, 2.75) is 38.5 Å². The first kappa shape index (κ1) is 12.5. The van der Waals surface area contributed by atoms with E-state index >= 15 is 0 Å². The van der Waals surface area contributed by atoms with Crippen molar-refractivity contribution >= 4 is 17.2 Å². The van der Waals surface area contributed by atoms with E-state index < -0.39 is 0 Å². The lowest BCUT2D eigenvalue weighted by Crippen LogP contribution is -2.11. The number of hydrogen-bond donors (Lipinski definition) is 2. The quantitative estimate of drug-likeness (QED) is 0.665. The number of nitrogens with zero attached hydrogens (tertiary/aromatic N) is 3. The first-order chi connectivity index (χ1) is 9.26. The molecule has 3 rings (SSSR count). The highest BCUT2D eigenvalue weighted by Crippen LogP contribution is 2.34. The Kier molecular flexibility index (Phi) is 3.44. The standard InChI is InChI=1S/C13H17N5S/c1-8-7-19-13(15-8)12-16-10(6-11(17-12)18-14)9-4-2-3-5-9/h6-7,9H,2-5,14H2,1H3,(H,16,17,18). The summed E-state index contributed by atoms with van der Waals surface area (Å²) in [5.41, 5.74) is 4.72. The second-order valence-corrected chi connectivity index (χ2v) is 5.78. The molecule has 0 spiro atoms. The predicted molar refractivity (Wildman–Crippen MR) is 76.9 cm³/mol. The molecule has 0 unspecified atom stereocenters. The summed E-state index contributed by atoms with van der Waals surface area (Å²) in [6.07, 6.45) is 4.98. The van der Waals surface area contributed by atoms with Crippen LogP contribution >= 0.6 is 11.3 Å². The molecule has 0 bridgehead atoms. The Labute approximate surface area is 116 Å². The molecular formula is C13H17N5S. The van der Waals surface area contributed by atoms with Gasteiger partial charge in [-0.3, -0.25) is 0 Å². The molecule has 3 N–H and O–H groups in total. The van der Waals surface area contributed by atoms with E-state index in [0.717, 1.165) is 16.4 Å². The van der Waals surface area contributed by atoms with E-state index in [-0.39, 0.29) is 0 Å². The van der Waals surface area contributed by atoms with Gasteiger partial charge in [0.2, 0.25) is 0 Å². The van der Waals surface area contributed by atoms with Gasteiger partial charge >= 0.3 is 0 Å². The van der Waals surface area contributed by atoms with Gasteiger partial charge in [0, 0.05) is 28.8 Å². The van der Waals surface area contributed by atoms with E-state index in [4.69, 9.17) is 5.84 Å². The molecule has 0 saturated heterocycles. The van der Waals surface area contributed by atoms with Crippen LogP contribution in [-0.4, -0.2) is 15.0 Å². The van der Waals surface area contributed by atoms with Crippen molar-refractivity contribution in [3.63, 3.8) is 0 Å². The van der Waals surface area contributed by atoms with Gasteiger partial charge in [0.1, 0.15) is 5.82 Å². The number of nitrogens with two attached hydrogens (primary N) is 1. The molecule has 6 heteroatoms. The van der Waals surface area contributed by atoms with E-state index in [9.17, 15) is 0 Å². The maximum atomic E-state index is 5.51. The van der Waals surface area contributed by atoms with Crippen LogP contribution in [0.1, 0.15) is 43.0 Å². The highest BCUT2D eigenvalue weighted by Gasteiger charge is 2.20. The van der Waals surface area contributed by atoms with Gasteiger partial charge in [-0.1, -0.05) is 12.8 Å². The lowest BCUT2D eigenvalue weighted by molar-refractivity contribution is 0.695. The smallest absolute Gasteiger partial charge is 0.190 e. The highest BCUT2D eigenvalue weighted by molar-refractivity contribution is 7.13. The molecule has 2 aromatic rings. The monoisotopic (exact) mass is 275 g/mol. The Morgan fingerprint density at radius 2 is 2.05 bits per heavy atom. The molecule has 0 atom stereocenters. The first-order valence-electron chi connectivity index (χ1n) is 6.54. The molecule has 5 nitrogen and oxygen atoms in total. The van der Waals surface area contributed by atoms with Crippen molar-refractivity contribution in [1.29, 1.82) is 0 Å². The van der Waals surface area contributed by atoms with Crippen molar-refractivity contribution in [1.82, 2.24) is 15.0 Å². The zero-order valence-electron chi connectivity index (χ0n) is 10.9. The van der Waals surface area contributed by atoms with Gasteiger partial charge in [0.25, 0.3) is 0 Å². The number of rotatable bonds is 3. The Hall–Kier alpha value is -1.53. The topological polar surface area (TPSA) is 76.7 Å². The van der Waals surface area contributed by atoms with Crippen LogP contribution in [0.15, 0.2) is 11.4 Å². The molecule has 0 amide bonds. The fraction of sp³-hybridized carbons (Fsp3) is 0.462. The van der Waals surface area contributed by atoms with E-state index in [1.165, 1.54) is 25.7 Å². The van der Waals surface area contributed by atoms with Crippen LogP contribution in [0.3, 0.4) is 0 Å². The Morgan fingerprint density at radius 1 is 1.26 bits per heavy atom. The number of thiazole rings is 1. The maximum absolute atomic E-state index is 5.51. The number of aryl methyl sites for hydroxylation is 1. The number of nitrogen functional groups attached to an aromatic ring is 1. The number of nitrogens with one attached hydrogen (secondary N) is 1. The third kappa shape index (κ3) is 2.59. The van der Waals surface area contributed by atoms with Crippen LogP contribution < -0.4 is 11.3 Å². The largest absolute Gasteiger partial charge is 0.308 e. The molecule has 100 valence electrons. The maximum Gasteiger partial charge on any atom is 0.190 e. The average molecular weight is 275 g/mol. The van der Waals surface area contributed by atoms with E-state index in [1.54, 1.807) is 11.3 Å². The summed E-state index contributed by atoms with van der Waals surface area (Å²) < 4.78 is 0. The molecule has 1 fully saturated rings. The van der Waals surface area contributed by atoms with Gasteiger partial charge in [0.05, 0.1) is 0 Å². The molecule has 1 aliphatic rings. The summed E-state index contributed by atoms with van der Waals surface area (Å²) in [7, 11) is 0. The molecule has 0 radical (unpaired) electrons. The van der Waals surface area contributed by atoms with Gasteiger partial charge in [-0.05, 0) is 19.8 Å². The van der Waals surface area contributed by atoms with Crippen molar-refractivity contribution in [2.24, 2.45) is 5.84 Å². The minimum absolute atomic E-state index is 0.537. The minimum atomic E-state index is 0.537. The predicted octanol–water partition coefficient (Wildman–Crippen LogP) is 2.85. The molecule has 1 aliphatic carbocycles. The summed E-state index contributed by atoms with van der Waals surface area (Å²) in [6, 6.07) is 1.96. The molecule has 2 heterocycles. The molecule has 0 aromatic carbocycles. The van der Waals surface area contributed by atoms with Crippen LogP contribution in [-0.2, 0) is 0 Å². The Bertz CT molecular complexity index is 574. The number of hydrogen-bond acceptors (Lipinski definition) is 6. The van der Waals surface area contributed by atoms with Gasteiger partial charge in [-0.25, -0.2) is 20.8 Å². The molecule has 0 aliphatic heterocycles. The Balaban J connectivity index is 2.01. The Morgan fingerprint density at radius 3 is 2.68 bits per heavy atom. The van der Waals surface area contributed by atoms with Crippen LogP contribution in [0.5, 0.6) is 0 Å². The van der Waals surface area contributed by atoms with Crippen molar-refractivity contribution in [3.8, 4) is 10.8 Å². The zero-order chi connectivity index (χ0) is 13.2. The number of aromatic nitrogens is 3. The lowest BCUT2D eigenvalue weighted by Gasteiger charge is -2.11. The average Bonchev–Trinajstić information content (AvgIpc) is 3.09. The third-order valence-electron chi connectivity index (χ3n) is 3.48. The van der Waals surface area contributed by atoms with Crippen molar-refractivity contribution in [3.05, 3.63) is 22.8 Å². The van der Waals surface area contributed by atoms with Crippen molar-refractivity contribution in [2.75, 3.05) is 5.43 Å². The number of hydrazine groups is 1.